The highest BCUT2D eigenvalue weighted by molar-refractivity contribution is 7.99. The van der Waals surface area contributed by atoms with Gasteiger partial charge in [-0.1, -0.05) is 36.2 Å². The molecule has 0 unspecified atom stereocenters. The van der Waals surface area contributed by atoms with Crippen LogP contribution in [0.25, 0.3) is 0 Å². The predicted octanol–water partition coefficient (Wildman–Crippen LogP) is 5.22. The zero-order valence-electron chi connectivity index (χ0n) is 17.7. The number of carbonyl (C=O) groups is 1. The van der Waals surface area contributed by atoms with E-state index >= 15 is 0 Å². The van der Waals surface area contributed by atoms with E-state index in [-0.39, 0.29) is 6.42 Å². The summed E-state index contributed by atoms with van der Waals surface area (Å²) in [6, 6.07) is 9.36. The number of fused-ring (bicyclic) bond motifs is 1. The third kappa shape index (κ3) is 6.08. The molecule has 0 saturated heterocycles. The second-order valence-corrected chi connectivity index (χ2v) is 8.61. The first-order chi connectivity index (χ1) is 15.0. The van der Waals surface area contributed by atoms with E-state index in [0.717, 1.165) is 58.2 Å². The van der Waals surface area contributed by atoms with Crippen molar-refractivity contribution in [3.05, 3.63) is 52.0 Å². The molecule has 0 bridgehead atoms. The van der Waals surface area contributed by atoms with Crippen molar-refractivity contribution in [1.29, 1.82) is 0 Å². The Hall–Kier alpha value is -2.38. The molecule has 0 atom stereocenters. The van der Waals surface area contributed by atoms with Crippen LogP contribution in [0.15, 0.2) is 40.4 Å². The Balaban J connectivity index is 1.55. The lowest BCUT2D eigenvalue weighted by atomic mass is 10.0. The van der Waals surface area contributed by atoms with Crippen LogP contribution >= 0.6 is 23.4 Å². The Morgan fingerprint density at radius 1 is 1.32 bits per heavy atom. The maximum atomic E-state index is 10.8. The number of aliphatic carboxylic acids is 1. The molecule has 3 rings (SSSR count). The molecular weight excluding hydrogens is 438 g/mol. The number of hydrogen-bond donors (Lipinski definition) is 1. The molecule has 2 aromatic rings. The molecule has 166 valence electrons. The van der Waals surface area contributed by atoms with Gasteiger partial charge in [-0.3, -0.25) is 4.79 Å². The summed E-state index contributed by atoms with van der Waals surface area (Å²) in [5, 5.41) is 13.5. The normalized spacial score (nSPS) is 13.7. The number of oxime groups is 1. The Labute approximate surface area is 191 Å². The lowest BCUT2D eigenvalue weighted by molar-refractivity contribution is -0.136. The monoisotopic (exact) mass is 463 g/mol. The number of carboxylic acid groups (broad SMARTS) is 1. The van der Waals surface area contributed by atoms with E-state index in [1.165, 1.54) is 7.11 Å². The van der Waals surface area contributed by atoms with Gasteiger partial charge in [0.2, 0.25) is 0 Å². The summed E-state index contributed by atoms with van der Waals surface area (Å²) in [5.41, 5.74) is 3.54. The molecule has 0 radical (unpaired) electrons. The van der Waals surface area contributed by atoms with E-state index < -0.39 is 5.97 Å². The summed E-state index contributed by atoms with van der Waals surface area (Å²) in [5.74, 6) is 1.67. The second kappa shape index (κ2) is 11.3. The fourth-order valence-electron chi connectivity index (χ4n) is 3.40. The van der Waals surface area contributed by atoms with E-state index in [1.807, 2.05) is 24.3 Å². The second-order valence-electron chi connectivity index (χ2n) is 7.06. The van der Waals surface area contributed by atoms with Gasteiger partial charge in [0.25, 0.3) is 0 Å². The van der Waals surface area contributed by atoms with Crippen LogP contribution in [-0.4, -0.2) is 42.9 Å². The number of rotatable bonds is 11. The maximum Gasteiger partial charge on any atom is 0.307 e. The highest BCUT2D eigenvalue weighted by atomic mass is 35.5. The SMILES string of the molecule is CCCc1c(OCCCSc2ccc(CC(=O)O)cc2Cl)ccc2c1OCC2=NOC. The number of halogens is 1. The van der Waals surface area contributed by atoms with E-state index in [2.05, 4.69) is 12.1 Å². The highest BCUT2D eigenvalue weighted by Crippen LogP contribution is 2.37. The van der Waals surface area contributed by atoms with Crippen molar-refractivity contribution in [3.8, 4) is 11.5 Å². The molecule has 0 saturated carbocycles. The molecule has 0 aromatic heterocycles. The zero-order chi connectivity index (χ0) is 22.2. The Morgan fingerprint density at radius 2 is 2.16 bits per heavy atom. The predicted molar refractivity (Wildman–Crippen MR) is 123 cm³/mol. The van der Waals surface area contributed by atoms with Crippen LogP contribution in [0.5, 0.6) is 11.5 Å². The van der Waals surface area contributed by atoms with Gasteiger partial charge in [0, 0.05) is 21.8 Å². The van der Waals surface area contributed by atoms with Gasteiger partial charge in [-0.05, 0) is 42.7 Å². The van der Waals surface area contributed by atoms with Gasteiger partial charge < -0.3 is 19.4 Å². The van der Waals surface area contributed by atoms with Gasteiger partial charge in [0.1, 0.15) is 30.9 Å². The van der Waals surface area contributed by atoms with Crippen LogP contribution in [0.3, 0.4) is 0 Å². The third-order valence-electron chi connectivity index (χ3n) is 4.74. The average Bonchev–Trinajstić information content (AvgIpc) is 3.13. The molecular formula is C23H26ClNO5S. The van der Waals surface area contributed by atoms with Gasteiger partial charge in [-0.15, -0.1) is 11.8 Å². The fraction of sp³-hybridized carbons (Fsp3) is 0.391. The van der Waals surface area contributed by atoms with Crippen LogP contribution in [0.4, 0.5) is 0 Å². The van der Waals surface area contributed by atoms with Crippen molar-refractivity contribution < 1.29 is 24.2 Å². The van der Waals surface area contributed by atoms with Gasteiger partial charge in [-0.25, -0.2) is 0 Å². The van der Waals surface area contributed by atoms with Crippen molar-refractivity contribution in [2.75, 3.05) is 26.1 Å². The van der Waals surface area contributed by atoms with Crippen LogP contribution in [0, 0.1) is 0 Å². The number of nitrogens with zero attached hydrogens (tertiary/aromatic N) is 1. The number of thioether (sulfide) groups is 1. The van der Waals surface area contributed by atoms with Crippen molar-refractivity contribution in [1.82, 2.24) is 0 Å². The lowest BCUT2D eigenvalue weighted by Gasteiger charge is -2.14. The minimum atomic E-state index is -0.866. The molecule has 8 heteroatoms. The van der Waals surface area contributed by atoms with E-state index in [9.17, 15) is 4.79 Å². The molecule has 1 heterocycles. The topological polar surface area (TPSA) is 77.4 Å². The molecule has 0 fully saturated rings. The maximum absolute atomic E-state index is 10.8. The summed E-state index contributed by atoms with van der Waals surface area (Å²) in [6.07, 6.45) is 2.67. The molecule has 1 N–H and O–H groups in total. The van der Waals surface area contributed by atoms with Crippen molar-refractivity contribution in [2.45, 2.75) is 37.5 Å². The Morgan fingerprint density at radius 3 is 2.87 bits per heavy atom. The molecule has 0 spiro atoms. The van der Waals surface area contributed by atoms with E-state index in [0.29, 0.717) is 23.8 Å². The number of benzene rings is 2. The first-order valence-corrected chi connectivity index (χ1v) is 11.5. The molecule has 0 aliphatic carbocycles. The Bertz CT molecular complexity index is 963. The zero-order valence-corrected chi connectivity index (χ0v) is 19.2. The molecule has 1 aliphatic rings. The van der Waals surface area contributed by atoms with Crippen LogP contribution in [0.1, 0.15) is 36.5 Å². The van der Waals surface area contributed by atoms with Gasteiger partial charge in [-0.2, -0.15) is 0 Å². The highest BCUT2D eigenvalue weighted by Gasteiger charge is 2.25. The van der Waals surface area contributed by atoms with Gasteiger partial charge in [0.15, 0.2) is 0 Å². The summed E-state index contributed by atoms with van der Waals surface area (Å²) < 4.78 is 12.0. The van der Waals surface area contributed by atoms with Gasteiger partial charge in [0.05, 0.1) is 18.1 Å². The summed E-state index contributed by atoms with van der Waals surface area (Å²) in [6.45, 7) is 3.12. The fourth-order valence-corrected chi connectivity index (χ4v) is 4.61. The summed E-state index contributed by atoms with van der Waals surface area (Å²) in [4.78, 5) is 16.7. The van der Waals surface area contributed by atoms with Crippen LogP contribution in [-0.2, 0) is 22.5 Å². The van der Waals surface area contributed by atoms with Gasteiger partial charge >= 0.3 is 5.97 Å². The number of ether oxygens (including phenoxy) is 2. The lowest BCUT2D eigenvalue weighted by Crippen LogP contribution is -2.03. The minimum absolute atomic E-state index is 0.0259. The summed E-state index contributed by atoms with van der Waals surface area (Å²) >= 11 is 7.92. The molecule has 1 aliphatic heterocycles. The first-order valence-electron chi connectivity index (χ1n) is 10.2. The molecule has 6 nitrogen and oxygen atoms in total. The average molecular weight is 464 g/mol. The van der Waals surface area contributed by atoms with Crippen molar-refractivity contribution in [2.24, 2.45) is 5.16 Å². The quantitative estimate of drug-likeness (QED) is 0.279. The van der Waals surface area contributed by atoms with Crippen LogP contribution in [0.2, 0.25) is 5.02 Å². The molecule has 0 amide bonds. The van der Waals surface area contributed by atoms with Crippen molar-refractivity contribution in [3.63, 3.8) is 0 Å². The van der Waals surface area contributed by atoms with Crippen molar-refractivity contribution >= 4 is 35.0 Å². The minimum Gasteiger partial charge on any atom is -0.493 e. The third-order valence-corrected chi connectivity index (χ3v) is 6.32. The standard InChI is InChI=1S/C23H26ClNO5S/c1-3-5-17-20(8-7-16-19(25-28-2)14-30-23(16)17)29-10-4-11-31-21-9-6-15(12-18(21)24)13-22(26)27/h6-9,12H,3-5,10-11,13-14H2,1-2H3,(H,26,27). The number of carboxylic acids is 1. The van der Waals surface area contributed by atoms with E-state index in [1.54, 1.807) is 17.8 Å². The van der Waals surface area contributed by atoms with E-state index in [4.69, 9.17) is 31.0 Å². The molecule has 31 heavy (non-hydrogen) atoms. The Kier molecular flexibility index (Phi) is 8.49. The van der Waals surface area contributed by atoms with Crippen LogP contribution < -0.4 is 9.47 Å². The number of hydrogen-bond acceptors (Lipinski definition) is 6. The first kappa shape index (κ1) is 23.3. The largest absolute Gasteiger partial charge is 0.493 e. The smallest absolute Gasteiger partial charge is 0.307 e. The summed E-state index contributed by atoms with van der Waals surface area (Å²) in [7, 11) is 1.53. The molecule has 2 aromatic carbocycles.